The van der Waals surface area contributed by atoms with Gasteiger partial charge in [-0.1, -0.05) is 77.6 Å². The second-order valence-corrected chi connectivity index (χ2v) is 7.22. The first-order valence-electron chi connectivity index (χ1n) is 10.3. The van der Waals surface area contributed by atoms with Crippen LogP contribution in [0.4, 0.5) is 0 Å². The second-order valence-electron chi connectivity index (χ2n) is 7.22. The third kappa shape index (κ3) is 9.63. The molecule has 0 radical (unpaired) electrons. The van der Waals surface area contributed by atoms with Gasteiger partial charge < -0.3 is 15.4 Å². The molecule has 1 rings (SSSR count). The maximum atomic E-state index is 12.1. The van der Waals surface area contributed by atoms with Gasteiger partial charge in [0.05, 0.1) is 12.0 Å². The van der Waals surface area contributed by atoms with Crippen LogP contribution in [0.1, 0.15) is 84.0 Å². The molecule has 142 valence electrons. The van der Waals surface area contributed by atoms with Gasteiger partial charge in [-0.05, 0) is 6.42 Å². The van der Waals surface area contributed by atoms with E-state index in [1.807, 2.05) is 0 Å². The molecule has 1 amide bonds. The molecular formula is C20H40N2O2. The molecule has 4 nitrogen and oxygen atoms in total. The minimum absolute atomic E-state index is 0.0210. The van der Waals surface area contributed by atoms with Crippen LogP contribution in [-0.4, -0.2) is 38.8 Å². The summed E-state index contributed by atoms with van der Waals surface area (Å²) in [7, 11) is 1.68. The van der Waals surface area contributed by atoms with Crippen LogP contribution in [-0.2, 0) is 9.53 Å². The Balaban J connectivity index is 1.83. The van der Waals surface area contributed by atoms with Gasteiger partial charge in [0.2, 0.25) is 5.91 Å². The Morgan fingerprint density at radius 3 is 2.00 bits per heavy atom. The molecule has 4 heteroatoms. The summed E-state index contributed by atoms with van der Waals surface area (Å²) in [5.41, 5.74) is 0. The highest BCUT2D eigenvalue weighted by atomic mass is 16.5. The third-order valence-electron chi connectivity index (χ3n) is 5.13. The number of hydrogen-bond acceptors (Lipinski definition) is 3. The smallest absolute Gasteiger partial charge is 0.227 e. The Labute approximate surface area is 149 Å². The maximum Gasteiger partial charge on any atom is 0.227 e. The number of methoxy groups -OCH3 is 1. The van der Waals surface area contributed by atoms with Gasteiger partial charge in [0.1, 0.15) is 0 Å². The summed E-state index contributed by atoms with van der Waals surface area (Å²) in [4.78, 5) is 12.1. The number of carbonyl (C=O) groups excluding carboxylic acids is 1. The first-order chi connectivity index (χ1) is 11.8. The Hall–Kier alpha value is -0.610. The maximum absolute atomic E-state index is 12.1. The Bertz CT molecular complexity index is 310. The van der Waals surface area contributed by atoms with Crippen molar-refractivity contribution in [3.05, 3.63) is 0 Å². The zero-order valence-electron chi connectivity index (χ0n) is 16.1. The summed E-state index contributed by atoms with van der Waals surface area (Å²) in [5, 5.41) is 6.28. The second kappa shape index (κ2) is 14.7. The average molecular weight is 341 g/mol. The van der Waals surface area contributed by atoms with E-state index in [0.29, 0.717) is 0 Å². The molecule has 0 bridgehead atoms. The summed E-state index contributed by atoms with van der Waals surface area (Å²) < 4.78 is 5.34. The Morgan fingerprint density at radius 2 is 1.46 bits per heavy atom. The normalized spacial score (nSPS) is 20.4. The van der Waals surface area contributed by atoms with Gasteiger partial charge in [0, 0.05) is 26.7 Å². The quantitative estimate of drug-likeness (QED) is 0.442. The molecule has 0 saturated carbocycles. The fourth-order valence-electron chi connectivity index (χ4n) is 3.47. The molecule has 0 unspecified atom stereocenters. The number of rotatable bonds is 15. The average Bonchev–Trinajstić information content (AvgIpc) is 3.07. The van der Waals surface area contributed by atoms with Crippen molar-refractivity contribution in [2.75, 3.05) is 26.7 Å². The van der Waals surface area contributed by atoms with E-state index in [1.54, 1.807) is 7.11 Å². The van der Waals surface area contributed by atoms with Crippen molar-refractivity contribution >= 4 is 5.91 Å². The first-order valence-corrected chi connectivity index (χ1v) is 10.3. The molecule has 1 fully saturated rings. The summed E-state index contributed by atoms with van der Waals surface area (Å²) in [6.07, 6.45) is 16.2. The van der Waals surface area contributed by atoms with Crippen molar-refractivity contribution in [2.24, 2.45) is 5.92 Å². The first kappa shape index (κ1) is 21.4. The Kier molecular flexibility index (Phi) is 13.1. The van der Waals surface area contributed by atoms with Gasteiger partial charge in [0.25, 0.3) is 0 Å². The van der Waals surface area contributed by atoms with Crippen molar-refractivity contribution < 1.29 is 9.53 Å². The highest BCUT2D eigenvalue weighted by molar-refractivity contribution is 5.79. The van der Waals surface area contributed by atoms with E-state index in [2.05, 4.69) is 17.6 Å². The summed E-state index contributed by atoms with van der Waals surface area (Å²) in [5.74, 6) is 0.127. The van der Waals surface area contributed by atoms with Crippen LogP contribution >= 0.6 is 0 Å². The number of carbonyl (C=O) groups is 1. The van der Waals surface area contributed by atoms with Crippen molar-refractivity contribution in [1.29, 1.82) is 0 Å². The molecule has 1 aliphatic rings. The minimum atomic E-state index is -0.0210. The largest absolute Gasteiger partial charge is 0.379 e. The van der Waals surface area contributed by atoms with Crippen LogP contribution in [0.25, 0.3) is 0 Å². The summed E-state index contributed by atoms with van der Waals surface area (Å²) in [6.45, 7) is 4.60. The molecule has 0 aromatic heterocycles. The summed E-state index contributed by atoms with van der Waals surface area (Å²) >= 11 is 0. The van der Waals surface area contributed by atoms with Crippen molar-refractivity contribution in [3.63, 3.8) is 0 Å². The lowest BCUT2D eigenvalue weighted by molar-refractivity contribution is -0.127. The predicted octanol–water partition coefficient (Wildman–Crippen LogP) is 4.04. The van der Waals surface area contributed by atoms with Crippen molar-refractivity contribution in [2.45, 2.75) is 90.1 Å². The molecule has 2 N–H and O–H groups in total. The zero-order chi connectivity index (χ0) is 17.5. The van der Waals surface area contributed by atoms with E-state index in [9.17, 15) is 4.79 Å². The van der Waals surface area contributed by atoms with E-state index in [1.165, 1.54) is 70.6 Å². The van der Waals surface area contributed by atoms with Gasteiger partial charge >= 0.3 is 0 Å². The van der Waals surface area contributed by atoms with Crippen molar-refractivity contribution in [3.8, 4) is 0 Å². The monoisotopic (exact) mass is 340 g/mol. The zero-order valence-corrected chi connectivity index (χ0v) is 16.1. The van der Waals surface area contributed by atoms with Gasteiger partial charge in [-0.25, -0.2) is 0 Å². The lowest BCUT2D eigenvalue weighted by atomic mass is 10.0. The molecule has 1 aliphatic heterocycles. The van der Waals surface area contributed by atoms with Crippen LogP contribution in [0.15, 0.2) is 0 Å². The fraction of sp³-hybridized carbons (Fsp3) is 0.950. The van der Waals surface area contributed by atoms with E-state index < -0.39 is 0 Å². The van der Waals surface area contributed by atoms with Crippen LogP contribution in [0.2, 0.25) is 0 Å². The molecule has 1 saturated heterocycles. The lowest BCUT2D eigenvalue weighted by Crippen LogP contribution is -2.38. The number of amides is 1. The van der Waals surface area contributed by atoms with E-state index in [-0.39, 0.29) is 17.9 Å². The molecule has 24 heavy (non-hydrogen) atoms. The number of unbranched alkanes of at least 4 members (excludes halogenated alkanes) is 11. The molecule has 0 aromatic carbocycles. The van der Waals surface area contributed by atoms with Gasteiger partial charge in [-0.15, -0.1) is 0 Å². The summed E-state index contributed by atoms with van der Waals surface area (Å²) in [6, 6.07) is 0. The number of nitrogens with one attached hydrogen (secondary N) is 2. The fourth-order valence-corrected chi connectivity index (χ4v) is 3.47. The molecule has 1 heterocycles. The number of hydrogen-bond donors (Lipinski definition) is 2. The third-order valence-corrected chi connectivity index (χ3v) is 5.13. The standard InChI is InChI=1S/C20H40N2O2/c1-3-4-5-6-7-8-9-10-11-12-13-14-15-22-20(23)18-16-21-17-19(18)24-2/h18-19,21H,3-17H2,1-2H3,(H,22,23)/t18-,19-/m1/s1. The lowest BCUT2D eigenvalue weighted by Gasteiger charge is -2.16. The SMILES string of the molecule is CCCCCCCCCCCCCCNC(=O)[C@@H]1CNC[C@H]1OC. The molecule has 0 aliphatic carbocycles. The van der Waals surface area contributed by atoms with Crippen LogP contribution in [0.5, 0.6) is 0 Å². The van der Waals surface area contributed by atoms with E-state index >= 15 is 0 Å². The number of ether oxygens (including phenoxy) is 1. The molecule has 2 atom stereocenters. The van der Waals surface area contributed by atoms with Crippen LogP contribution < -0.4 is 10.6 Å². The molecule has 0 aromatic rings. The van der Waals surface area contributed by atoms with Crippen LogP contribution in [0, 0.1) is 5.92 Å². The predicted molar refractivity (Wildman–Crippen MR) is 101 cm³/mol. The molecular weight excluding hydrogens is 300 g/mol. The minimum Gasteiger partial charge on any atom is -0.379 e. The van der Waals surface area contributed by atoms with E-state index in [0.717, 1.165) is 26.1 Å². The Morgan fingerprint density at radius 1 is 0.917 bits per heavy atom. The van der Waals surface area contributed by atoms with Gasteiger partial charge in [-0.2, -0.15) is 0 Å². The van der Waals surface area contributed by atoms with Gasteiger partial charge in [0.15, 0.2) is 0 Å². The van der Waals surface area contributed by atoms with E-state index in [4.69, 9.17) is 4.74 Å². The molecule has 0 spiro atoms. The van der Waals surface area contributed by atoms with Crippen molar-refractivity contribution in [1.82, 2.24) is 10.6 Å². The van der Waals surface area contributed by atoms with Crippen LogP contribution in [0.3, 0.4) is 0 Å². The topological polar surface area (TPSA) is 50.4 Å². The highest BCUT2D eigenvalue weighted by Gasteiger charge is 2.32. The highest BCUT2D eigenvalue weighted by Crippen LogP contribution is 2.13. The van der Waals surface area contributed by atoms with Gasteiger partial charge in [-0.3, -0.25) is 4.79 Å².